The Kier molecular flexibility index (Phi) is 5.91. The lowest BCUT2D eigenvalue weighted by molar-refractivity contribution is 0.102. The molecule has 8 nitrogen and oxygen atoms in total. The van der Waals surface area contributed by atoms with Gasteiger partial charge in [-0.2, -0.15) is 0 Å². The zero-order valence-corrected chi connectivity index (χ0v) is 19.4. The van der Waals surface area contributed by atoms with Crippen LogP contribution in [0.1, 0.15) is 10.4 Å². The molecule has 0 bridgehead atoms. The Morgan fingerprint density at radius 3 is 2.65 bits per heavy atom. The van der Waals surface area contributed by atoms with Gasteiger partial charge in [0.2, 0.25) is 0 Å². The number of hydrogen-bond acceptors (Lipinski definition) is 6. The predicted molar refractivity (Wildman–Crippen MR) is 131 cm³/mol. The smallest absolute Gasteiger partial charge is 0.259 e. The number of anilines is 2. The Balaban J connectivity index is 1.36. The standard InChI is InChI=1S/C24H19ClN4O4S/c25-20-8-5-17(14-19(20)21-9-10-22-23(28-21)2-1-11-26-22)27-24(30)16-3-6-18(7-4-16)29-12-13-33-15-34(29,31)32/h1-11,14H,12-13,15H2,(H,27,30). The summed E-state index contributed by atoms with van der Waals surface area (Å²) in [6.07, 6.45) is 1.71. The third-order valence-electron chi connectivity index (χ3n) is 5.38. The maximum absolute atomic E-state index is 12.8. The normalized spacial score (nSPS) is 15.3. The van der Waals surface area contributed by atoms with Crippen molar-refractivity contribution in [3.05, 3.63) is 83.5 Å². The van der Waals surface area contributed by atoms with Gasteiger partial charge in [0.05, 0.1) is 40.6 Å². The quantitative estimate of drug-likeness (QED) is 0.453. The molecule has 1 N–H and O–H groups in total. The SMILES string of the molecule is O=C(Nc1ccc(Cl)c(-c2ccc3ncccc3n2)c1)c1ccc(N2CCOCS2(=O)=O)cc1. The molecule has 0 atom stereocenters. The molecule has 2 aromatic heterocycles. The Morgan fingerprint density at radius 1 is 1.03 bits per heavy atom. The van der Waals surface area contributed by atoms with Gasteiger partial charge in [-0.3, -0.25) is 14.1 Å². The minimum atomic E-state index is -3.52. The summed E-state index contributed by atoms with van der Waals surface area (Å²) < 4.78 is 30.7. The van der Waals surface area contributed by atoms with E-state index in [2.05, 4.69) is 15.3 Å². The van der Waals surface area contributed by atoms with Crippen molar-refractivity contribution in [2.75, 3.05) is 28.7 Å². The van der Waals surface area contributed by atoms with Gasteiger partial charge in [0.25, 0.3) is 15.9 Å². The second-order valence-electron chi connectivity index (χ2n) is 7.64. The van der Waals surface area contributed by atoms with E-state index in [0.717, 1.165) is 11.0 Å². The molecule has 34 heavy (non-hydrogen) atoms. The highest BCUT2D eigenvalue weighted by atomic mass is 35.5. The minimum Gasteiger partial charge on any atom is -0.362 e. The highest BCUT2D eigenvalue weighted by Crippen LogP contribution is 2.31. The molecule has 1 saturated heterocycles. The fraction of sp³-hybridized carbons (Fsp3) is 0.125. The van der Waals surface area contributed by atoms with E-state index in [0.29, 0.717) is 39.8 Å². The first kappa shape index (κ1) is 22.3. The van der Waals surface area contributed by atoms with Crippen molar-refractivity contribution in [3.63, 3.8) is 0 Å². The molecule has 1 aliphatic heterocycles. The number of ether oxygens (including phenoxy) is 1. The lowest BCUT2D eigenvalue weighted by atomic mass is 10.1. The van der Waals surface area contributed by atoms with Gasteiger partial charge in [0, 0.05) is 23.0 Å². The van der Waals surface area contributed by atoms with Crippen LogP contribution in [-0.2, 0) is 14.8 Å². The molecule has 0 spiro atoms. The summed E-state index contributed by atoms with van der Waals surface area (Å²) in [6.45, 7) is 0.559. The predicted octanol–water partition coefficient (Wildman–Crippen LogP) is 4.33. The molecule has 4 aromatic rings. The first-order chi connectivity index (χ1) is 16.4. The molecular formula is C24H19ClN4O4S. The van der Waals surface area contributed by atoms with Crippen LogP contribution < -0.4 is 9.62 Å². The molecule has 3 heterocycles. The lowest BCUT2D eigenvalue weighted by Gasteiger charge is -2.28. The third kappa shape index (κ3) is 4.45. The van der Waals surface area contributed by atoms with Crippen molar-refractivity contribution in [1.29, 1.82) is 0 Å². The molecule has 0 unspecified atom stereocenters. The van der Waals surface area contributed by atoms with Gasteiger partial charge in [-0.1, -0.05) is 11.6 Å². The number of rotatable bonds is 4. The summed E-state index contributed by atoms with van der Waals surface area (Å²) in [5, 5.41) is 3.36. The molecule has 0 aliphatic carbocycles. The topological polar surface area (TPSA) is 101 Å². The van der Waals surface area contributed by atoms with E-state index < -0.39 is 10.0 Å². The lowest BCUT2D eigenvalue weighted by Crippen LogP contribution is -2.41. The van der Waals surface area contributed by atoms with E-state index in [1.807, 2.05) is 24.3 Å². The van der Waals surface area contributed by atoms with Crippen LogP contribution in [0.3, 0.4) is 0 Å². The zero-order valence-electron chi connectivity index (χ0n) is 17.8. The Labute approximate surface area is 201 Å². The van der Waals surface area contributed by atoms with E-state index in [1.54, 1.807) is 48.7 Å². The fourth-order valence-corrected chi connectivity index (χ4v) is 5.16. The number of pyridine rings is 2. The Bertz CT molecular complexity index is 1490. The number of sulfonamides is 1. The fourth-order valence-electron chi connectivity index (χ4n) is 3.69. The maximum atomic E-state index is 12.8. The number of nitrogens with zero attached hydrogens (tertiary/aromatic N) is 3. The molecular weight excluding hydrogens is 476 g/mol. The molecule has 0 saturated carbocycles. The summed E-state index contributed by atoms with van der Waals surface area (Å²) >= 11 is 6.42. The maximum Gasteiger partial charge on any atom is 0.259 e. The van der Waals surface area contributed by atoms with Crippen LogP contribution in [-0.4, -0.2) is 43.4 Å². The number of benzene rings is 2. The van der Waals surface area contributed by atoms with Gasteiger partial charge in [0.1, 0.15) is 0 Å². The molecule has 1 aliphatic rings. The molecule has 172 valence electrons. The van der Waals surface area contributed by atoms with Crippen LogP contribution in [0, 0.1) is 0 Å². The van der Waals surface area contributed by atoms with E-state index >= 15 is 0 Å². The second-order valence-corrected chi connectivity index (χ2v) is 9.89. The van der Waals surface area contributed by atoms with Crippen LogP contribution in [0.5, 0.6) is 0 Å². The van der Waals surface area contributed by atoms with Crippen LogP contribution in [0.4, 0.5) is 11.4 Å². The first-order valence-electron chi connectivity index (χ1n) is 10.4. The summed E-state index contributed by atoms with van der Waals surface area (Å²) in [5.74, 6) is -0.684. The number of carbonyl (C=O) groups excluding carboxylic acids is 1. The zero-order chi connectivity index (χ0) is 23.7. The van der Waals surface area contributed by atoms with Crippen molar-refractivity contribution < 1.29 is 17.9 Å². The Morgan fingerprint density at radius 2 is 1.85 bits per heavy atom. The molecule has 10 heteroatoms. The number of aromatic nitrogens is 2. The monoisotopic (exact) mass is 494 g/mol. The molecule has 0 radical (unpaired) electrons. The van der Waals surface area contributed by atoms with Gasteiger partial charge >= 0.3 is 0 Å². The van der Waals surface area contributed by atoms with Gasteiger partial charge < -0.3 is 10.1 Å². The van der Waals surface area contributed by atoms with Crippen LogP contribution >= 0.6 is 11.6 Å². The number of carbonyl (C=O) groups is 1. The summed E-state index contributed by atoms with van der Waals surface area (Å²) in [7, 11) is -3.52. The van der Waals surface area contributed by atoms with E-state index in [9.17, 15) is 13.2 Å². The average Bonchev–Trinajstić information content (AvgIpc) is 2.85. The van der Waals surface area contributed by atoms with Crippen LogP contribution in [0.15, 0.2) is 72.9 Å². The van der Waals surface area contributed by atoms with Gasteiger partial charge in [-0.15, -0.1) is 0 Å². The molecule has 5 rings (SSSR count). The van der Waals surface area contributed by atoms with E-state index in [4.69, 9.17) is 16.3 Å². The number of hydrogen-bond donors (Lipinski definition) is 1. The van der Waals surface area contributed by atoms with Crippen molar-refractivity contribution in [2.45, 2.75) is 0 Å². The van der Waals surface area contributed by atoms with Crippen LogP contribution in [0.25, 0.3) is 22.3 Å². The summed E-state index contributed by atoms with van der Waals surface area (Å²) in [4.78, 5) is 21.7. The molecule has 1 fully saturated rings. The Hall–Kier alpha value is -3.53. The average molecular weight is 495 g/mol. The second kappa shape index (κ2) is 9.02. The molecule has 2 aromatic carbocycles. The number of amides is 1. The molecule has 1 amide bonds. The summed E-state index contributed by atoms with van der Waals surface area (Å²) in [5.41, 5.74) is 4.30. The highest BCUT2D eigenvalue weighted by Gasteiger charge is 2.26. The third-order valence-corrected chi connectivity index (χ3v) is 7.24. The van der Waals surface area contributed by atoms with Crippen molar-refractivity contribution in [1.82, 2.24) is 9.97 Å². The minimum absolute atomic E-state index is 0.236. The number of halogens is 1. The highest BCUT2D eigenvalue weighted by molar-refractivity contribution is 7.92. The number of fused-ring (bicyclic) bond motifs is 1. The van der Waals surface area contributed by atoms with E-state index in [-0.39, 0.29) is 18.4 Å². The van der Waals surface area contributed by atoms with Gasteiger partial charge in [-0.25, -0.2) is 13.4 Å². The summed E-state index contributed by atoms with van der Waals surface area (Å²) in [6, 6.07) is 19.0. The largest absolute Gasteiger partial charge is 0.362 e. The van der Waals surface area contributed by atoms with Crippen LogP contribution in [0.2, 0.25) is 5.02 Å². The number of nitrogens with one attached hydrogen (secondary N) is 1. The van der Waals surface area contributed by atoms with Crippen molar-refractivity contribution in [3.8, 4) is 11.3 Å². The van der Waals surface area contributed by atoms with Crippen molar-refractivity contribution >= 4 is 49.9 Å². The van der Waals surface area contributed by atoms with Gasteiger partial charge in [0.15, 0.2) is 5.94 Å². The van der Waals surface area contributed by atoms with Crippen molar-refractivity contribution in [2.24, 2.45) is 0 Å². The van der Waals surface area contributed by atoms with Gasteiger partial charge in [-0.05, 0) is 66.7 Å². The first-order valence-corrected chi connectivity index (χ1v) is 12.4. The van der Waals surface area contributed by atoms with E-state index in [1.165, 1.54) is 4.31 Å².